The number of H-pyrrole nitrogens is 1. The van der Waals surface area contributed by atoms with Gasteiger partial charge in [-0.2, -0.15) is 0 Å². The molecule has 14 heteroatoms. The number of aromatic amines is 1. The molecule has 5 rings (SSSR count). The van der Waals surface area contributed by atoms with Crippen LogP contribution in [0.2, 0.25) is 0 Å². The number of aromatic nitrogens is 2. The Morgan fingerprint density at radius 3 is 1.96 bits per heavy atom. The smallest absolute Gasteiger partial charge is 0.540 e. The molecule has 234 valence electrons. The summed E-state index contributed by atoms with van der Waals surface area (Å²) in [7, 11) is 3.11. The van der Waals surface area contributed by atoms with Crippen LogP contribution in [-0.4, -0.2) is 65.6 Å². The second-order valence-corrected chi connectivity index (χ2v) is 10.2. The van der Waals surface area contributed by atoms with E-state index in [1.165, 1.54) is 0 Å². The van der Waals surface area contributed by atoms with E-state index in [0.717, 1.165) is 22.4 Å². The summed E-state index contributed by atoms with van der Waals surface area (Å²) in [5.41, 5.74) is -0.757. The van der Waals surface area contributed by atoms with E-state index in [0.29, 0.717) is 22.6 Å². The van der Waals surface area contributed by atoms with Crippen LogP contribution < -0.4 is 50.0 Å². The topological polar surface area (TPSA) is 181 Å². The molecule has 0 unspecified atom stereocenters. The van der Waals surface area contributed by atoms with E-state index in [-0.39, 0.29) is 25.5 Å². The molecule has 1 aliphatic rings. The van der Waals surface area contributed by atoms with Gasteiger partial charge in [0.25, 0.3) is 11.5 Å². The molecule has 13 nitrogen and oxygen atoms in total. The number of nitrogens with one attached hydrogen (secondary N) is 2. The summed E-state index contributed by atoms with van der Waals surface area (Å²) in [5.74, 6) is -2.34. The molecule has 1 amide bonds. The van der Waals surface area contributed by atoms with Crippen LogP contribution in [-0.2, 0) is 24.7 Å². The van der Waals surface area contributed by atoms with Crippen LogP contribution in [0.25, 0.3) is 0 Å². The van der Waals surface area contributed by atoms with Gasteiger partial charge in [0, 0.05) is 12.3 Å². The molecule has 4 aromatic rings. The fourth-order valence-electron chi connectivity index (χ4n) is 5.40. The van der Waals surface area contributed by atoms with E-state index >= 15 is 0 Å². The Hall–Kier alpha value is -4.64. The number of hydrogen-bond acceptors (Lipinski definition) is 10. The summed E-state index contributed by atoms with van der Waals surface area (Å²) in [6, 6.07) is 23.4. The minimum atomic E-state index is -2.04. The van der Waals surface area contributed by atoms with Crippen molar-refractivity contribution in [3.05, 3.63) is 129 Å². The van der Waals surface area contributed by atoms with Gasteiger partial charge in [-0.3, -0.25) is 19.1 Å². The number of nitrogens with zero attached hydrogens (tertiary/aromatic N) is 1. The van der Waals surface area contributed by atoms with Crippen molar-refractivity contribution in [2.75, 3.05) is 20.8 Å². The summed E-state index contributed by atoms with van der Waals surface area (Å²) in [6.45, 7) is -0.305. The molecule has 0 aliphatic carbocycles. The monoisotopic (exact) mass is 623 g/mol. The molecule has 0 spiro atoms. The number of carboxylic acid groups (broad SMARTS) is 1. The Bertz CT molecular complexity index is 1710. The van der Waals surface area contributed by atoms with E-state index in [1.807, 2.05) is 54.6 Å². The Balaban J connectivity index is 0.00000480. The minimum absolute atomic E-state index is 0. The molecule has 1 fully saturated rings. The van der Waals surface area contributed by atoms with Gasteiger partial charge in [-0.15, -0.1) is 0 Å². The normalized spacial score (nSPS) is 19.1. The first-order valence-corrected chi connectivity index (χ1v) is 13.8. The standard InChI is InChI=1S/C32H31N3O10.Li/c1-42-22-12-8-20(9-13-22)32(19-6-4-3-5-7-19,21-10-14-23(43-2)15-11-21)44-18-24-27(37)26(34-28(38)30(39)40)29(45-24)35-17-16-25(36)33-31(35)41;/h3-17,24,26-27,29,37H,18H2,1-2H3,(H,34,38)(H,39,40)(H,33,36,41);/q;+1/p-1/t24-,26-,27-,29-;/m1./s1. The third kappa shape index (κ3) is 6.79. The number of rotatable bonds is 10. The van der Waals surface area contributed by atoms with Crippen molar-refractivity contribution in [3.63, 3.8) is 0 Å². The molecule has 0 saturated carbocycles. The largest absolute Gasteiger partial charge is 1.00 e. The molecule has 1 aromatic heterocycles. The van der Waals surface area contributed by atoms with Crippen molar-refractivity contribution in [1.29, 1.82) is 0 Å². The summed E-state index contributed by atoms with van der Waals surface area (Å²) in [6.07, 6.45) is -3.05. The van der Waals surface area contributed by atoms with Crippen molar-refractivity contribution < 1.29 is 57.6 Å². The number of hydrogen-bond donors (Lipinski definition) is 3. The van der Waals surface area contributed by atoms with Gasteiger partial charge >= 0.3 is 24.6 Å². The SMILES string of the molecule is COc1ccc(C(OC[C@H]2O[C@@H](n3ccc(=O)[nH]c3=O)[C@H](NC(=O)C(=O)[O-])[C@@H]2O)(c2ccccc2)c2ccc(OC)cc2)cc1.[Li+]. The zero-order valence-corrected chi connectivity index (χ0v) is 25.2. The summed E-state index contributed by atoms with van der Waals surface area (Å²) < 4.78 is 24.5. The third-order valence-electron chi connectivity index (χ3n) is 7.62. The molecule has 3 aromatic carbocycles. The molecule has 46 heavy (non-hydrogen) atoms. The van der Waals surface area contributed by atoms with Crippen molar-refractivity contribution in [3.8, 4) is 11.5 Å². The maximum Gasteiger partial charge on any atom is 1.00 e. The predicted octanol–water partition coefficient (Wildman–Crippen LogP) is -2.94. The zero-order valence-electron chi connectivity index (χ0n) is 25.2. The van der Waals surface area contributed by atoms with Crippen molar-refractivity contribution >= 4 is 11.9 Å². The number of carbonyl (C=O) groups is 2. The van der Waals surface area contributed by atoms with E-state index in [2.05, 4.69) is 10.3 Å². The number of aliphatic hydroxyl groups excluding tert-OH is 1. The minimum Gasteiger partial charge on any atom is -0.540 e. The summed E-state index contributed by atoms with van der Waals surface area (Å²) in [5, 5.41) is 24.7. The van der Waals surface area contributed by atoms with Crippen LogP contribution in [0.15, 0.2) is 101 Å². The molecule has 1 aliphatic heterocycles. The van der Waals surface area contributed by atoms with E-state index in [1.54, 1.807) is 38.5 Å². The molecule has 4 atom stereocenters. The van der Waals surface area contributed by atoms with Gasteiger partial charge in [-0.25, -0.2) is 4.79 Å². The Labute approximate surface area is 274 Å². The van der Waals surface area contributed by atoms with Gasteiger partial charge in [0.05, 0.1) is 20.8 Å². The fraction of sp³-hybridized carbons (Fsp3) is 0.250. The number of aliphatic carboxylic acids is 1. The number of methoxy groups -OCH3 is 2. The van der Waals surface area contributed by atoms with Gasteiger partial charge in [-0.1, -0.05) is 54.6 Å². The van der Waals surface area contributed by atoms with Crippen LogP contribution in [0.1, 0.15) is 22.9 Å². The average Bonchev–Trinajstić information content (AvgIpc) is 3.36. The summed E-state index contributed by atoms with van der Waals surface area (Å²) in [4.78, 5) is 49.7. The van der Waals surface area contributed by atoms with Gasteiger partial charge in [0.1, 0.15) is 41.3 Å². The van der Waals surface area contributed by atoms with E-state index in [9.17, 15) is 29.4 Å². The van der Waals surface area contributed by atoms with Crippen molar-refractivity contribution in [1.82, 2.24) is 14.9 Å². The van der Waals surface area contributed by atoms with Gasteiger partial charge in [0.15, 0.2) is 6.23 Å². The molecule has 1 saturated heterocycles. The van der Waals surface area contributed by atoms with Gasteiger partial charge in [-0.05, 0) is 41.0 Å². The number of carboxylic acids is 1. The quantitative estimate of drug-likeness (QED) is 0.0940. The first-order chi connectivity index (χ1) is 21.7. The second kappa shape index (κ2) is 14.6. The zero-order chi connectivity index (χ0) is 32.1. The van der Waals surface area contributed by atoms with Crippen LogP contribution in [0.3, 0.4) is 0 Å². The molecule has 2 heterocycles. The Morgan fingerprint density at radius 1 is 0.913 bits per heavy atom. The van der Waals surface area contributed by atoms with Crippen LogP contribution in [0.5, 0.6) is 11.5 Å². The number of amides is 1. The van der Waals surface area contributed by atoms with Crippen LogP contribution in [0, 0.1) is 0 Å². The maximum absolute atomic E-state index is 12.6. The predicted molar refractivity (Wildman–Crippen MR) is 156 cm³/mol. The average molecular weight is 624 g/mol. The third-order valence-corrected chi connectivity index (χ3v) is 7.62. The first-order valence-electron chi connectivity index (χ1n) is 13.8. The molecule has 0 radical (unpaired) electrons. The fourth-order valence-corrected chi connectivity index (χ4v) is 5.40. The Morgan fingerprint density at radius 2 is 1.46 bits per heavy atom. The van der Waals surface area contributed by atoms with Crippen molar-refractivity contribution in [2.45, 2.75) is 30.1 Å². The number of carbonyl (C=O) groups excluding carboxylic acids is 2. The number of benzene rings is 3. The summed E-state index contributed by atoms with van der Waals surface area (Å²) >= 11 is 0. The molecule has 3 N–H and O–H groups in total. The molecular formula is C32H30LiN3O10. The van der Waals surface area contributed by atoms with E-state index in [4.69, 9.17) is 18.9 Å². The number of aliphatic hydroxyl groups is 1. The molecular weight excluding hydrogens is 593 g/mol. The first kappa shape index (κ1) is 34.2. The Kier molecular flexibility index (Phi) is 10.9. The van der Waals surface area contributed by atoms with E-state index < -0.39 is 53.2 Å². The van der Waals surface area contributed by atoms with Gasteiger partial charge in [0.2, 0.25) is 0 Å². The van der Waals surface area contributed by atoms with Crippen LogP contribution in [0.4, 0.5) is 0 Å². The maximum atomic E-state index is 12.6. The second-order valence-electron chi connectivity index (χ2n) is 10.2. The van der Waals surface area contributed by atoms with Crippen molar-refractivity contribution in [2.24, 2.45) is 0 Å². The van der Waals surface area contributed by atoms with Crippen LogP contribution >= 0.6 is 0 Å². The number of ether oxygens (including phenoxy) is 4. The van der Waals surface area contributed by atoms with Gasteiger partial charge < -0.3 is 39.3 Å². The molecule has 0 bridgehead atoms.